The van der Waals surface area contributed by atoms with E-state index in [1.54, 1.807) is 23.3 Å². The van der Waals surface area contributed by atoms with Crippen molar-refractivity contribution in [1.29, 1.82) is 0 Å². The lowest BCUT2D eigenvalue weighted by atomic mass is 10.1. The summed E-state index contributed by atoms with van der Waals surface area (Å²) in [6.07, 6.45) is 6.64. The van der Waals surface area contributed by atoms with Crippen LogP contribution in [0.3, 0.4) is 0 Å². The average Bonchev–Trinajstić information content (AvgIpc) is 3.13. The Morgan fingerprint density at radius 2 is 1.88 bits per heavy atom. The summed E-state index contributed by atoms with van der Waals surface area (Å²) in [5, 5.41) is 3.23. The molecule has 0 aromatic heterocycles. The third-order valence-electron chi connectivity index (χ3n) is 3.98. The van der Waals surface area contributed by atoms with E-state index in [0.717, 1.165) is 17.9 Å². The van der Waals surface area contributed by atoms with Crippen LogP contribution >= 0.6 is 0 Å². The number of hydrogen-bond donors (Lipinski definition) is 1. The molecule has 7 nitrogen and oxygen atoms in total. The number of nitrogens with one attached hydrogen (secondary N) is 1. The van der Waals surface area contributed by atoms with Crippen molar-refractivity contribution in [1.82, 2.24) is 5.32 Å². The highest BCUT2D eigenvalue weighted by atomic mass is 16.5. The zero-order valence-corrected chi connectivity index (χ0v) is 14.6. The first-order valence-electron chi connectivity index (χ1n) is 8.10. The van der Waals surface area contributed by atoms with Crippen molar-refractivity contribution in [2.45, 2.75) is 0 Å². The lowest BCUT2D eigenvalue weighted by Crippen LogP contribution is -2.29. The maximum Gasteiger partial charge on any atom is 0.355 e. The molecule has 3 rings (SSSR count). The standard InChI is InChI=1S/C19H19N3O4/c1-25-18(23)14-8-5-6-12-22(16(14)19(24)26-2)15-9-4-3-7-13(15)17-20-10-11-21-17/h3-9,12H,10-11H2,1-2H3,(H,20,21). The highest BCUT2D eigenvalue weighted by Crippen LogP contribution is 2.29. The van der Waals surface area contributed by atoms with Gasteiger partial charge in [0.2, 0.25) is 0 Å². The fourth-order valence-electron chi connectivity index (χ4n) is 2.81. The zero-order valence-electron chi connectivity index (χ0n) is 14.6. The number of carbonyl (C=O) groups excluding carboxylic acids is 2. The quantitative estimate of drug-likeness (QED) is 0.827. The van der Waals surface area contributed by atoms with E-state index in [4.69, 9.17) is 9.47 Å². The third-order valence-corrected chi connectivity index (χ3v) is 3.98. The van der Waals surface area contributed by atoms with E-state index >= 15 is 0 Å². The van der Waals surface area contributed by atoms with Crippen LogP contribution in [0.25, 0.3) is 0 Å². The average molecular weight is 353 g/mol. The summed E-state index contributed by atoms with van der Waals surface area (Å²) in [4.78, 5) is 30.8. The molecule has 1 N–H and O–H groups in total. The van der Waals surface area contributed by atoms with Crippen LogP contribution in [0.4, 0.5) is 5.69 Å². The minimum atomic E-state index is -0.641. The van der Waals surface area contributed by atoms with Crippen LogP contribution in [-0.2, 0) is 19.1 Å². The van der Waals surface area contributed by atoms with Gasteiger partial charge in [-0.1, -0.05) is 18.2 Å². The van der Waals surface area contributed by atoms with Gasteiger partial charge >= 0.3 is 11.9 Å². The molecule has 1 aromatic rings. The number of amidine groups is 1. The molecule has 0 amide bonds. The number of nitrogens with zero attached hydrogens (tertiary/aromatic N) is 2. The molecule has 0 aliphatic carbocycles. The molecule has 26 heavy (non-hydrogen) atoms. The fourth-order valence-corrected chi connectivity index (χ4v) is 2.81. The van der Waals surface area contributed by atoms with Gasteiger partial charge in [-0.25, -0.2) is 9.59 Å². The number of carbonyl (C=O) groups is 2. The zero-order chi connectivity index (χ0) is 18.5. The maximum absolute atomic E-state index is 12.5. The Labute approximate surface area is 151 Å². The summed E-state index contributed by atoms with van der Waals surface area (Å²) in [5.74, 6) is -0.517. The van der Waals surface area contributed by atoms with Gasteiger partial charge in [0.1, 0.15) is 11.5 Å². The number of aliphatic imine (C=N–C) groups is 1. The van der Waals surface area contributed by atoms with Crippen molar-refractivity contribution in [2.75, 3.05) is 32.2 Å². The van der Waals surface area contributed by atoms with Crippen LogP contribution in [0.15, 0.2) is 65.0 Å². The monoisotopic (exact) mass is 353 g/mol. The second kappa shape index (κ2) is 7.69. The van der Waals surface area contributed by atoms with Crippen LogP contribution < -0.4 is 10.2 Å². The SMILES string of the molecule is COC(=O)C1=C(C(=O)OC)N(c2ccccc2C2=NCCN2)C=CC=C1. The van der Waals surface area contributed by atoms with Crippen LogP contribution in [0.1, 0.15) is 5.56 Å². The minimum Gasteiger partial charge on any atom is -0.465 e. The maximum atomic E-state index is 12.5. The summed E-state index contributed by atoms with van der Waals surface area (Å²) in [5.41, 5.74) is 1.71. The van der Waals surface area contributed by atoms with Crippen molar-refractivity contribution in [3.63, 3.8) is 0 Å². The van der Waals surface area contributed by atoms with Gasteiger partial charge in [0.05, 0.1) is 32.0 Å². The van der Waals surface area contributed by atoms with Gasteiger partial charge < -0.3 is 19.7 Å². The first-order valence-corrected chi connectivity index (χ1v) is 8.10. The van der Waals surface area contributed by atoms with E-state index in [9.17, 15) is 9.59 Å². The van der Waals surface area contributed by atoms with Crippen molar-refractivity contribution in [2.24, 2.45) is 4.99 Å². The van der Waals surface area contributed by atoms with E-state index in [1.165, 1.54) is 20.3 Å². The number of methoxy groups -OCH3 is 2. The Balaban J connectivity index is 2.19. The normalized spacial score (nSPS) is 16.1. The van der Waals surface area contributed by atoms with Crippen molar-refractivity contribution >= 4 is 23.5 Å². The lowest BCUT2D eigenvalue weighted by Gasteiger charge is -2.25. The number of hydrogen-bond acceptors (Lipinski definition) is 7. The number of allylic oxidation sites excluding steroid dienone is 2. The smallest absolute Gasteiger partial charge is 0.355 e. The summed E-state index contributed by atoms with van der Waals surface area (Å²) < 4.78 is 9.77. The predicted octanol–water partition coefficient (Wildman–Crippen LogP) is 1.53. The summed E-state index contributed by atoms with van der Waals surface area (Å²) in [6, 6.07) is 7.51. The van der Waals surface area contributed by atoms with E-state index in [-0.39, 0.29) is 11.3 Å². The summed E-state index contributed by atoms with van der Waals surface area (Å²) in [7, 11) is 2.54. The molecule has 2 aliphatic heterocycles. The van der Waals surface area contributed by atoms with E-state index in [1.807, 2.05) is 24.3 Å². The first kappa shape index (κ1) is 17.5. The molecular formula is C19H19N3O4. The number of anilines is 1. The molecule has 7 heteroatoms. The second-order valence-corrected chi connectivity index (χ2v) is 5.49. The molecule has 0 spiro atoms. The number of rotatable bonds is 4. The van der Waals surface area contributed by atoms with Crippen molar-refractivity contribution in [3.05, 3.63) is 65.5 Å². The Hall–Kier alpha value is -3.35. The molecule has 1 aromatic carbocycles. The Bertz CT molecular complexity index is 852. The Morgan fingerprint density at radius 1 is 1.12 bits per heavy atom. The highest BCUT2D eigenvalue weighted by Gasteiger charge is 2.29. The predicted molar refractivity (Wildman–Crippen MR) is 97.7 cm³/mol. The molecule has 0 bridgehead atoms. The summed E-state index contributed by atoms with van der Waals surface area (Å²) in [6.45, 7) is 1.45. The van der Waals surface area contributed by atoms with Gasteiger partial charge in [-0.2, -0.15) is 0 Å². The van der Waals surface area contributed by atoms with Crippen LogP contribution in [-0.4, -0.2) is 45.1 Å². The molecular weight excluding hydrogens is 334 g/mol. The van der Waals surface area contributed by atoms with Gasteiger partial charge in [-0.15, -0.1) is 0 Å². The van der Waals surface area contributed by atoms with Gasteiger partial charge in [0.25, 0.3) is 0 Å². The third kappa shape index (κ3) is 3.23. The minimum absolute atomic E-state index is 0.0791. The van der Waals surface area contributed by atoms with Crippen LogP contribution in [0, 0.1) is 0 Å². The molecule has 0 saturated heterocycles. The van der Waals surface area contributed by atoms with E-state index < -0.39 is 11.9 Å². The van der Waals surface area contributed by atoms with Crippen molar-refractivity contribution < 1.29 is 19.1 Å². The number of ether oxygens (including phenoxy) is 2. The molecule has 0 saturated carbocycles. The lowest BCUT2D eigenvalue weighted by molar-refractivity contribution is -0.139. The molecule has 0 atom stereocenters. The highest BCUT2D eigenvalue weighted by molar-refractivity contribution is 6.09. The number of esters is 2. The van der Waals surface area contributed by atoms with Crippen LogP contribution in [0.5, 0.6) is 0 Å². The number of para-hydroxylation sites is 1. The summed E-state index contributed by atoms with van der Waals surface area (Å²) >= 11 is 0. The molecule has 0 fully saturated rings. The van der Waals surface area contributed by atoms with E-state index in [2.05, 4.69) is 10.3 Å². The number of benzene rings is 1. The van der Waals surface area contributed by atoms with Crippen LogP contribution in [0.2, 0.25) is 0 Å². The Morgan fingerprint density at radius 3 is 2.58 bits per heavy atom. The molecule has 2 aliphatic rings. The van der Waals surface area contributed by atoms with Gasteiger partial charge in [-0.05, 0) is 24.3 Å². The van der Waals surface area contributed by atoms with Gasteiger partial charge in [-0.3, -0.25) is 4.99 Å². The van der Waals surface area contributed by atoms with Gasteiger partial charge in [0.15, 0.2) is 0 Å². The topological polar surface area (TPSA) is 80.2 Å². The molecule has 134 valence electrons. The van der Waals surface area contributed by atoms with Crippen molar-refractivity contribution in [3.8, 4) is 0 Å². The molecule has 2 heterocycles. The molecule has 0 radical (unpaired) electrons. The van der Waals surface area contributed by atoms with Gasteiger partial charge in [0, 0.05) is 18.3 Å². The molecule has 0 unspecified atom stereocenters. The fraction of sp³-hybridized carbons (Fsp3) is 0.211. The Kier molecular flexibility index (Phi) is 5.17. The first-order chi connectivity index (χ1) is 12.7. The van der Waals surface area contributed by atoms with E-state index in [0.29, 0.717) is 12.2 Å². The largest absolute Gasteiger partial charge is 0.465 e. The second-order valence-electron chi connectivity index (χ2n) is 5.49.